The number of aromatic hydroxyl groups is 1. The number of sulfonamides is 1. The second kappa shape index (κ2) is 6.00. The molecule has 0 saturated heterocycles. The lowest BCUT2D eigenvalue weighted by Crippen LogP contribution is -2.60. The van der Waals surface area contributed by atoms with Crippen LogP contribution >= 0.6 is 11.6 Å². The molecule has 142 valence electrons. The number of nitrogens with two attached hydrogens (primary N) is 1. The van der Waals surface area contributed by atoms with Gasteiger partial charge in [0.2, 0.25) is 10.0 Å². The van der Waals surface area contributed by atoms with Crippen LogP contribution in [0.1, 0.15) is 38.5 Å². The van der Waals surface area contributed by atoms with Gasteiger partial charge in [0.1, 0.15) is 4.90 Å². The summed E-state index contributed by atoms with van der Waals surface area (Å²) in [7, 11) is -4.22. The van der Waals surface area contributed by atoms with Crippen molar-refractivity contribution in [3.8, 4) is 5.75 Å². The third-order valence-electron chi connectivity index (χ3n) is 6.03. The summed E-state index contributed by atoms with van der Waals surface area (Å²) in [5.41, 5.74) is -0.232. The highest BCUT2D eigenvalue weighted by Gasteiger charge is 2.51. The molecule has 1 aromatic carbocycles. The highest BCUT2D eigenvalue weighted by molar-refractivity contribution is 7.89. The maximum atomic E-state index is 12.5. The van der Waals surface area contributed by atoms with E-state index in [1.165, 1.54) is 31.4 Å². The second-order valence-electron chi connectivity index (χ2n) is 8.09. The van der Waals surface area contributed by atoms with Crippen molar-refractivity contribution in [3.63, 3.8) is 0 Å². The first-order valence-corrected chi connectivity index (χ1v) is 10.7. The summed E-state index contributed by atoms with van der Waals surface area (Å²) in [5, 5.41) is 20.7. The Morgan fingerprint density at radius 3 is 2.19 bits per heavy atom. The quantitative estimate of drug-likeness (QED) is 0.583. The third kappa shape index (κ3) is 3.14. The van der Waals surface area contributed by atoms with Crippen LogP contribution in [0.15, 0.2) is 17.0 Å². The number of anilines is 1. The predicted molar refractivity (Wildman–Crippen MR) is 97.5 cm³/mol. The zero-order valence-corrected chi connectivity index (χ0v) is 15.7. The van der Waals surface area contributed by atoms with Crippen LogP contribution in [0.25, 0.3) is 0 Å². The summed E-state index contributed by atoms with van der Waals surface area (Å²) in [6.07, 6.45) is 6.75. The van der Waals surface area contributed by atoms with Gasteiger partial charge in [-0.15, -0.1) is 0 Å². The van der Waals surface area contributed by atoms with Gasteiger partial charge in [0.25, 0.3) is 0 Å². The molecule has 7 nitrogen and oxygen atoms in total. The standard InChI is InChI=1S/C17H22ClN3O4S/c18-12-1-2-13(14(22)15(12)26(19,24)25)20-16(23)21-17-6-9-3-10(7-17)5-11(4-9)8-17/h1-2,9-11,22H,3-8H2,(H2,19,24,25)(H2,20,21,23). The number of carbonyl (C=O) groups excluding carboxylic acids is 1. The van der Waals surface area contributed by atoms with E-state index in [0.717, 1.165) is 19.3 Å². The van der Waals surface area contributed by atoms with Gasteiger partial charge in [0.05, 0.1) is 10.7 Å². The second-order valence-corrected chi connectivity index (χ2v) is 10.0. The number of nitrogens with one attached hydrogen (secondary N) is 2. The molecule has 0 aromatic heterocycles. The summed E-state index contributed by atoms with van der Waals surface area (Å²) >= 11 is 5.82. The Bertz CT molecular complexity index is 836. The van der Waals surface area contributed by atoms with Gasteiger partial charge in [-0.05, 0) is 68.4 Å². The average molecular weight is 400 g/mol. The largest absolute Gasteiger partial charge is 0.504 e. The van der Waals surface area contributed by atoms with Crippen LogP contribution in [0, 0.1) is 17.8 Å². The van der Waals surface area contributed by atoms with Gasteiger partial charge in [-0.1, -0.05) is 11.6 Å². The molecule has 0 spiro atoms. The lowest BCUT2D eigenvalue weighted by molar-refractivity contribution is -0.0127. The van der Waals surface area contributed by atoms with E-state index in [2.05, 4.69) is 10.6 Å². The van der Waals surface area contributed by atoms with E-state index in [1.54, 1.807) is 0 Å². The Morgan fingerprint density at radius 2 is 1.69 bits per heavy atom. The van der Waals surface area contributed by atoms with E-state index in [1.807, 2.05) is 0 Å². The normalized spacial score (nSPS) is 32.5. The lowest BCUT2D eigenvalue weighted by atomic mass is 9.53. The van der Waals surface area contributed by atoms with Crippen LogP contribution in [-0.2, 0) is 10.0 Å². The first-order valence-electron chi connectivity index (χ1n) is 8.79. The Labute approximate surface area is 157 Å². The van der Waals surface area contributed by atoms with Crippen molar-refractivity contribution >= 4 is 33.3 Å². The highest BCUT2D eigenvalue weighted by atomic mass is 35.5. The number of hydrogen-bond donors (Lipinski definition) is 4. The van der Waals surface area contributed by atoms with E-state index in [4.69, 9.17) is 16.7 Å². The molecule has 5 rings (SSSR count). The molecule has 0 aliphatic heterocycles. The van der Waals surface area contributed by atoms with Crippen LogP contribution in [0.2, 0.25) is 5.02 Å². The number of carbonyl (C=O) groups is 1. The zero-order chi connectivity index (χ0) is 18.7. The van der Waals surface area contributed by atoms with E-state index in [0.29, 0.717) is 17.8 Å². The van der Waals surface area contributed by atoms with Crippen molar-refractivity contribution in [2.75, 3.05) is 5.32 Å². The SMILES string of the molecule is NS(=O)(=O)c1c(Cl)ccc(NC(=O)NC23CC4CC(CC(C4)C2)C3)c1O. The van der Waals surface area contributed by atoms with Gasteiger partial charge in [0, 0.05) is 5.54 Å². The lowest BCUT2D eigenvalue weighted by Gasteiger charge is -2.56. The van der Waals surface area contributed by atoms with Gasteiger partial charge in [-0.3, -0.25) is 0 Å². The summed E-state index contributed by atoms with van der Waals surface area (Å²) < 4.78 is 23.2. The van der Waals surface area contributed by atoms with Crippen LogP contribution in [0.4, 0.5) is 10.5 Å². The van der Waals surface area contributed by atoms with Crippen molar-refractivity contribution < 1.29 is 18.3 Å². The Balaban J connectivity index is 1.53. The third-order valence-corrected chi connectivity index (χ3v) is 7.44. The van der Waals surface area contributed by atoms with Crippen LogP contribution in [-0.4, -0.2) is 25.1 Å². The molecule has 26 heavy (non-hydrogen) atoms. The molecule has 2 amide bonds. The number of urea groups is 1. The molecule has 4 fully saturated rings. The number of phenols is 1. The number of halogens is 1. The number of benzene rings is 1. The fraction of sp³-hybridized carbons (Fsp3) is 0.588. The summed E-state index contributed by atoms with van der Waals surface area (Å²) in [6, 6.07) is 2.18. The fourth-order valence-corrected chi connectivity index (χ4v) is 6.77. The van der Waals surface area contributed by atoms with Crippen molar-refractivity contribution in [3.05, 3.63) is 17.2 Å². The van der Waals surface area contributed by atoms with E-state index in [-0.39, 0.29) is 16.2 Å². The van der Waals surface area contributed by atoms with E-state index in [9.17, 15) is 18.3 Å². The molecule has 1 aromatic rings. The molecular formula is C17H22ClN3O4S. The molecule has 5 N–H and O–H groups in total. The number of rotatable bonds is 3. The van der Waals surface area contributed by atoms with Gasteiger partial charge >= 0.3 is 6.03 Å². The van der Waals surface area contributed by atoms with Gasteiger partial charge in [0.15, 0.2) is 5.75 Å². The number of phenolic OH excluding ortho intramolecular Hbond substituents is 1. The molecule has 9 heteroatoms. The first-order chi connectivity index (χ1) is 12.2. The minimum Gasteiger partial charge on any atom is -0.504 e. The topological polar surface area (TPSA) is 122 Å². The average Bonchev–Trinajstić information content (AvgIpc) is 2.47. The summed E-state index contributed by atoms with van der Waals surface area (Å²) in [4.78, 5) is 12.0. The minimum absolute atomic E-state index is 0.0411. The smallest absolute Gasteiger partial charge is 0.319 e. The fourth-order valence-electron chi connectivity index (χ4n) is 5.58. The molecule has 0 radical (unpaired) electrons. The van der Waals surface area contributed by atoms with Gasteiger partial charge in [-0.25, -0.2) is 18.4 Å². The van der Waals surface area contributed by atoms with Crippen molar-refractivity contribution in [1.29, 1.82) is 0 Å². The van der Waals surface area contributed by atoms with E-state index < -0.39 is 26.7 Å². The Kier molecular flexibility index (Phi) is 4.13. The predicted octanol–water partition coefficient (Wildman–Crippen LogP) is 2.78. The summed E-state index contributed by atoms with van der Waals surface area (Å²) in [5.74, 6) is 1.39. The molecule has 4 aliphatic rings. The van der Waals surface area contributed by atoms with Crippen molar-refractivity contribution in [1.82, 2.24) is 5.32 Å². The van der Waals surface area contributed by atoms with Gasteiger partial charge < -0.3 is 15.7 Å². The number of primary sulfonamides is 1. The molecule has 0 heterocycles. The monoisotopic (exact) mass is 399 g/mol. The Morgan fingerprint density at radius 1 is 1.15 bits per heavy atom. The molecule has 4 saturated carbocycles. The molecule has 4 aliphatic carbocycles. The zero-order valence-electron chi connectivity index (χ0n) is 14.2. The molecular weight excluding hydrogens is 378 g/mol. The van der Waals surface area contributed by atoms with Crippen LogP contribution < -0.4 is 15.8 Å². The van der Waals surface area contributed by atoms with Crippen molar-refractivity contribution in [2.24, 2.45) is 22.9 Å². The Hall–Kier alpha value is -1.51. The van der Waals surface area contributed by atoms with Crippen LogP contribution in [0.3, 0.4) is 0 Å². The first kappa shape index (κ1) is 17.9. The number of amides is 2. The molecule has 0 atom stereocenters. The molecule has 0 unspecified atom stereocenters. The van der Waals surface area contributed by atoms with Crippen molar-refractivity contribution in [2.45, 2.75) is 49.0 Å². The summed E-state index contributed by atoms with van der Waals surface area (Å²) in [6.45, 7) is 0. The maximum Gasteiger partial charge on any atom is 0.319 e. The van der Waals surface area contributed by atoms with Crippen LogP contribution in [0.5, 0.6) is 5.75 Å². The molecule has 4 bridgehead atoms. The number of hydrogen-bond acceptors (Lipinski definition) is 4. The maximum absolute atomic E-state index is 12.5. The highest BCUT2D eigenvalue weighted by Crippen LogP contribution is 2.55. The van der Waals surface area contributed by atoms with Gasteiger partial charge in [-0.2, -0.15) is 0 Å². The van der Waals surface area contributed by atoms with E-state index >= 15 is 0 Å². The minimum atomic E-state index is -4.22.